The molecule has 0 spiro atoms. The van der Waals surface area contributed by atoms with Gasteiger partial charge < -0.3 is 24.8 Å². The van der Waals surface area contributed by atoms with Gasteiger partial charge in [-0.3, -0.25) is 0 Å². The van der Waals surface area contributed by atoms with Crippen LogP contribution < -0.4 is 24.8 Å². The first-order valence-electron chi connectivity index (χ1n) is 5.97. The summed E-state index contributed by atoms with van der Waals surface area (Å²) in [4.78, 5) is 0. The van der Waals surface area contributed by atoms with Crippen molar-refractivity contribution in [2.24, 2.45) is 0 Å². The molecule has 2 aliphatic carbocycles. The van der Waals surface area contributed by atoms with Crippen molar-refractivity contribution in [1.29, 1.82) is 0 Å². The van der Waals surface area contributed by atoms with E-state index < -0.39 is 20.3 Å². The van der Waals surface area contributed by atoms with Crippen LogP contribution in [0.25, 0.3) is 0 Å². The Kier molecular flexibility index (Phi) is 5.10. The SMILES string of the molecule is CC1=[C]([Zr+2]2([C]3=C(C)C=CC3)[CH2][CH2]2)CC=C1.[Cl-].[Cl-]. The Morgan fingerprint density at radius 2 is 1.24 bits per heavy atom. The first-order chi connectivity index (χ1) is 7.24. The van der Waals surface area contributed by atoms with E-state index in [9.17, 15) is 0 Å². The minimum absolute atomic E-state index is 0. The van der Waals surface area contributed by atoms with E-state index in [-0.39, 0.29) is 24.8 Å². The zero-order valence-electron chi connectivity index (χ0n) is 10.4. The molecule has 0 atom stereocenters. The van der Waals surface area contributed by atoms with E-state index in [1.54, 1.807) is 19.4 Å². The molecule has 0 amide bonds. The van der Waals surface area contributed by atoms with Crippen molar-refractivity contribution in [1.82, 2.24) is 0 Å². The van der Waals surface area contributed by atoms with Gasteiger partial charge in [0.15, 0.2) is 0 Å². The molecular formula is C14H18Cl2Zr. The molecule has 0 radical (unpaired) electrons. The van der Waals surface area contributed by atoms with Crippen molar-refractivity contribution < 1.29 is 45.1 Å². The fourth-order valence-corrected chi connectivity index (χ4v) is 18.0. The summed E-state index contributed by atoms with van der Waals surface area (Å²) in [6.45, 7) is 4.65. The van der Waals surface area contributed by atoms with Crippen molar-refractivity contribution >= 4 is 0 Å². The van der Waals surface area contributed by atoms with Crippen molar-refractivity contribution in [3.8, 4) is 0 Å². The van der Waals surface area contributed by atoms with Crippen LogP contribution in [-0.4, -0.2) is 0 Å². The van der Waals surface area contributed by atoms with Crippen LogP contribution in [0.15, 0.2) is 42.0 Å². The molecule has 0 N–H and O–H groups in total. The number of halogens is 2. The quantitative estimate of drug-likeness (QED) is 0.568. The molecule has 0 unspecified atom stereocenters. The first-order valence-corrected chi connectivity index (χ1v) is 11.9. The molecule has 3 rings (SSSR count). The molecular weight excluding hydrogens is 330 g/mol. The van der Waals surface area contributed by atoms with Crippen LogP contribution in [0.1, 0.15) is 26.7 Å². The summed E-state index contributed by atoms with van der Waals surface area (Å²) in [5.74, 6) is 0. The summed E-state index contributed by atoms with van der Waals surface area (Å²) in [6, 6.07) is 0. The third-order valence-corrected chi connectivity index (χ3v) is 16.5. The Balaban J connectivity index is 0.000000722. The van der Waals surface area contributed by atoms with Crippen LogP contribution in [0.4, 0.5) is 0 Å². The monoisotopic (exact) mass is 346 g/mol. The molecule has 0 nitrogen and oxygen atoms in total. The van der Waals surface area contributed by atoms with E-state index in [0.717, 1.165) is 0 Å². The number of hydrogen-bond donors (Lipinski definition) is 0. The smallest absolute Gasteiger partial charge is 1.00 e. The third-order valence-electron chi connectivity index (χ3n) is 4.24. The maximum atomic E-state index is 2.37. The molecule has 1 heterocycles. The van der Waals surface area contributed by atoms with E-state index in [1.807, 2.05) is 6.56 Å². The molecule has 0 bridgehead atoms. The summed E-state index contributed by atoms with van der Waals surface area (Å²) in [5, 5.41) is 0. The van der Waals surface area contributed by atoms with Gasteiger partial charge in [-0.25, -0.2) is 0 Å². The molecule has 17 heavy (non-hydrogen) atoms. The average Bonchev–Trinajstić information content (AvgIpc) is 2.68. The molecule has 1 saturated heterocycles. The molecule has 1 aliphatic heterocycles. The minimum Gasteiger partial charge on any atom is -1.00 e. The third kappa shape index (κ3) is 2.44. The van der Waals surface area contributed by atoms with Crippen LogP contribution in [0.5, 0.6) is 0 Å². The Morgan fingerprint density at radius 3 is 1.47 bits per heavy atom. The second kappa shape index (κ2) is 5.60. The van der Waals surface area contributed by atoms with Crippen LogP contribution in [0, 0.1) is 0 Å². The van der Waals surface area contributed by atoms with Gasteiger partial charge in [0.2, 0.25) is 0 Å². The van der Waals surface area contributed by atoms with Gasteiger partial charge in [-0.15, -0.1) is 0 Å². The maximum Gasteiger partial charge on any atom is -1.00 e. The summed E-state index contributed by atoms with van der Waals surface area (Å²) in [5.41, 5.74) is 3.24. The molecule has 92 valence electrons. The van der Waals surface area contributed by atoms with E-state index in [2.05, 4.69) is 38.2 Å². The van der Waals surface area contributed by atoms with E-state index >= 15 is 0 Å². The van der Waals surface area contributed by atoms with Gasteiger partial charge in [-0.05, 0) is 0 Å². The largest absolute Gasteiger partial charge is 1.00 e. The fraction of sp³-hybridized carbons (Fsp3) is 0.429. The van der Waals surface area contributed by atoms with Gasteiger partial charge in [0.1, 0.15) is 0 Å². The summed E-state index contributed by atoms with van der Waals surface area (Å²) in [7, 11) is 0. The molecule has 1 fully saturated rings. The average molecular weight is 348 g/mol. The molecule has 0 saturated carbocycles. The number of hydrogen-bond acceptors (Lipinski definition) is 0. The molecule has 0 aromatic heterocycles. The molecule has 3 aliphatic rings. The van der Waals surface area contributed by atoms with Gasteiger partial charge in [-0.2, -0.15) is 0 Å². The second-order valence-electron chi connectivity index (χ2n) is 5.12. The summed E-state index contributed by atoms with van der Waals surface area (Å²) >= 11 is -1.88. The van der Waals surface area contributed by atoms with Crippen molar-refractivity contribution in [2.45, 2.75) is 34.9 Å². The van der Waals surface area contributed by atoms with Gasteiger partial charge in [0.25, 0.3) is 0 Å². The molecule has 0 aromatic rings. The molecule has 0 aromatic carbocycles. The second-order valence-corrected chi connectivity index (χ2v) is 15.9. The topological polar surface area (TPSA) is 0 Å². The Morgan fingerprint density at radius 1 is 0.824 bits per heavy atom. The van der Waals surface area contributed by atoms with E-state index in [0.29, 0.717) is 0 Å². The van der Waals surface area contributed by atoms with Crippen molar-refractivity contribution in [3.05, 3.63) is 42.0 Å². The first kappa shape index (κ1) is 15.5. The molecule has 3 heteroatoms. The Labute approximate surface area is 121 Å². The normalized spacial score (nSPS) is 22.0. The van der Waals surface area contributed by atoms with Crippen LogP contribution in [-0.2, 0) is 20.3 Å². The minimum atomic E-state index is -1.88. The fourth-order valence-electron chi connectivity index (χ4n) is 3.29. The van der Waals surface area contributed by atoms with Crippen LogP contribution in [0.3, 0.4) is 0 Å². The zero-order chi connectivity index (χ0) is 10.5. The number of allylic oxidation sites excluding steroid dienone is 8. The predicted octanol–water partition coefficient (Wildman–Crippen LogP) is -1.53. The maximum absolute atomic E-state index is 2.37. The zero-order valence-corrected chi connectivity index (χ0v) is 14.4. The Bertz CT molecular complexity index is 399. The van der Waals surface area contributed by atoms with Gasteiger partial charge in [0, 0.05) is 0 Å². The number of rotatable bonds is 2. The standard InChI is InChI=1S/2C6H7.C2H4.2ClH.Zr/c2*1-6-4-2-3-5-6;1-2;;;/h2*2,4H,3H2,1H3;1-2H2;2*1H;/q;;;;;+2/p-2. The van der Waals surface area contributed by atoms with Gasteiger partial charge in [-0.1, -0.05) is 0 Å². The predicted molar refractivity (Wildman–Crippen MR) is 62.5 cm³/mol. The summed E-state index contributed by atoms with van der Waals surface area (Å²) in [6.07, 6.45) is 12.0. The van der Waals surface area contributed by atoms with E-state index in [4.69, 9.17) is 0 Å². The van der Waals surface area contributed by atoms with Crippen molar-refractivity contribution in [3.63, 3.8) is 0 Å². The summed E-state index contributed by atoms with van der Waals surface area (Å²) < 4.78 is 7.03. The van der Waals surface area contributed by atoms with Gasteiger partial charge >= 0.3 is 97.2 Å². The Hall–Kier alpha value is 0.423. The van der Waals surface area contributed by atoms with Crippen molar-refractivity contribution in [2.75, 3.05) is 0 Å². The van der Waals surface area contributed by atoms with Gasteiger partial charge in [0.05, 0.1) is 0 Å². The van der Waals surface area contributed by atoms with Crippen LogP contribution in [0.2, 0.25) is 8.26 Å². The van der Waals surface area contributed by atoms with Crippen LogP contribution >= 0.6 is 0 Å². The van der Waals surface area contributed by atoms with E-state index in [1.165, 1.54) is 12.8 Å².